The quantitative estimate of drug-likeness (QED) is 0.246. The van der Waals surface area contributed by atoms with E-state index in [9.17, 15) is 4.79 Å². The van der Waals surface area contributed by atoms with Gasteiger partial charge in [-0.15, -0.1) is 5.10 Å². The third-order valence-corrected chi connectivity index (χ3v) is 5.35. The van der Waals surface area contributed by atoms with E-state index in [2.05, 4.69) is 20.6 Å². The highest BCUT2D eigenvalue weighted by molar-refractivity contribution is 5.92. The zero-order valence-electron chi connectivity index (χ0n) is 19.4. The van der Waals surface area contributed by atoms with Gasteiger partial charge in [-0.05, 0) is 47.5 Å². The van der Waals surface area contributed by atoms with E-state index in [1.807, 2.05) is 115 Å². The third-order valence-electron chi connectivity index (χ3n) is 5.35. The van der Waals surface area contributed by atoms with Crippen LogP contribution >= 0.6 is 0 Å². The molecule has 1 amide bonds. The zero-order chi connectivity index (χ0) is 24.6. The van der Waals surface area contributed by atoms with Crippen LogP contribution in [0.1, 0.15) is 21.7 Å². The van der Waals surface area contributed by atoms with Crippen LogP contribution in [0.3, 0.4) is 0 Å². The highest BCUT2D eigenvalue weighted by Gasteiger charge is 2.18. The van der Waals surface area contributed by atoms with E-state index < -0.39 is 5.91 Å². The van der Waals surface area contributed by atoms with E-state index >= 15 is 0 Å². The maximum Gasteiger partial charge on any atom is 0.311 e. The van der Waals surface area contributed by atoms with Gasteiger partial charge in [0, 0.05) is 5.56 Å². The van der Waals surface area contributed by atoms with E-state index in [1.165, 1.54) is 0 Å². The fourth-order valence-corrected chi connectivity index (χ4v) is 3.54. The fraction of sp³-hybridized carbons (Fsp3) is 0.0345. The van der Waals surface area contributed by atoms with Crippen LogP contribution in [0.15, 0.2) is 120 Å². The van der Waals surface area contributed by atoms with E-state index in [4.69, 9.17) is 4.74 Å². The number of rotatable bonds is 8. The number of hydrazone groups is 1. The van der Waals surface area contributed by atoms with Crippen molar-refractivity contribution in [1.82, 2.24) is 20.2 Å². The number of nitrogens with one attached hydrogen (secondary N) is 1. The Bertz CT molecular complexity index is 1390. The number of amides is 1. The highest BCUT2D eigenvalue weighted by atomic mass is 16.5. The minimum absolute atomic E-state index is 0.0273. The summed E-state index contributed by atoms with van der Waals surface area (Å²) in [5.41, 5.74) is 6.09. The van der Waals surface area contributed by atoms with Gasteiger partial charge in [0.2, 0.25) is 5.82 Å². The average molecular weight is 474 g/mol. The summed E-state index contributed by atoms with van der Waals surface area (Å²) in [5.74, 6) is 0.853. The number of carbonyl (C=O) groups excluding carboxylic acids is 1. The molecule has 36 heavy (non-hydrogen) atoms. The van der Waals surface area contributed by atoms with Crippen LogP contribution in [0, 0.1) is 0 Å². The molecule has 0 saturated heterocycles. The number of aromatic nitrogens is 3. The Hall–Kier alpha value is -5.04. The molecule has 5 aromatic rings. The zero-order valence-corrected chi connectivity index (χ0v) is 19.4. The van der Waals surface area contributed by atoms with Crippen LogP contribution in [0.25, 0.3) is 17.1 Å². The summed E-state index contributed by atoms with van der Waals surface area (Å²) in [6.45, 7) is 0.498. The fourth-order valence-electron chi connectivity index (χ4n) is 3.54. The number of ether oxygens (including phenoxy) is 1. The van der Waals surface area contributed by atoms with Crippen molar-refractivity contribution in [2.24, 2.45) is 5.10 Å². The number of hydrogen-bond donors (Lipinski definition) is 1. The molecule has 0 aliphatic heterocycles. The van der Waals surface area contributed by atoms with Gasteiger partial charge in [-0.2, -0.15) is 5.10 Å². The van der Waals surface area contributed by atoms with E-state index in [1.54, 1.807) is 10.9 Å². The van der Waals surface area contributed by atoms with Crippen LogP contribution in [-0.4, -0.2) is 26.9 Å². The van der Waals surface area contributed by atoms with E-state index in [0.29, 0.717) is 12.4 Å². The summed E-state index contributed by atoms with van der Waals surface area (Å²) in [6.07, 6.45) is 1.56. The van der Waals surface area contributed by atoms with Crippen molar-refractivity contribution >= 4 is 12.1 Å². The second kappa shape index (κ2) is 10.9. The number of carbonyl (C=O) groups is 1. The first-order valence-corrected chi connectivity index (χ1v) is 11.4. The first-order valence-electron chi connectivity index (χ1n) is 11.4. The largest absolute Gasteiger partial charge is 0.489 e. The lowest BCUT2D eigenvalue weighted by Gasteiger charge is -2.06. The van der Waals surface area contributed by atoms with Crippen molar-refractivity contribution in [1.29, 1.82) is 0 Å². The van der Waals surface area contributed by atoms with Gasteiger partial charge >= 0.3 is 5.91 Å². The van der Waals surface area contributed by atoms with Crippen molar-refractivity contribution in [3.8, 4) is 22.8 Å². The number of hydrogen-bond acceptors (Lipinski definition) is 5. The van der Waals surface area contributed by atoms with E-state index in [0.717, 1.165) is 28.1 Å². The molecule has 0 atom stereocenters. The molecule has 0 bridgehead atoms. The molecule has 1 N–H and O–H groups in total. The molecule has 0 radical (unpaired) electrons. The van der Waals surface area contributed by atoms with Crippen molar-refractivity contribution in [3.63, 3.8) is 0 Å². The Kier molecular flexibility index (Phi) is 6.90. The maximum absolute atomic E-state index is 12.8. The highest BCUT2D eigenvalue weighted by Crippen LogP contribution is 2.21. The van der Waals surface area contributed by atoms with Crippen molar-refractivity contribution < 1.29 is 9.53 Å². The number of benzene rings is 4. The lowest BCUT2D eigenvalue weighted by atomic mass is 10.2. The van der Waals surface area contributed by atoms with Crippen LogP contribution < -0.4 is 10.2 Å². The molecule has 176 valence electrons. The summed E-state index contributed by atoms with van der Waals surface area (Å²) in [5, 5.41) is 8.51. The molecule has 0 fully saturated rings. The molecule has 7 heteroatoms. The predicted octanol–water partition coefficient (Wildman–Crippen LogP) is 5.28. The van der Waals surface area contributed by atoms with E-state index in [-0.39, 0.29) is 5.82 Å². The third kappa shape index (κ3) is 5.53. The van der Waals surface area contributed by atoms with Crippen LogP contribution in [0.2, 0.25) is 0 Å². The normalized spacial score (nSPS) is 10.9. The molecule has 0 spiro atoms. The molecule has 0 unspecified atom stereocenters. The summed E-state index contributed by atoms with van der Waals surface area (Å²) in [7, 11) is 0. The Morgan fingerprint density at radius 3 is 2.17 bits per heavy atom. The first kappa shape index (κ1) is 22.7. The van der Waals surface area contributed by atoms with Crippen molar-refractivity contribution in [2.75, 3.05) is 0 Å². The van der Waals surface area contributed by atoms with Gasteiger partial charge in [-0.25, -0.2) is 15.1 Å². The first-order chi connectivity index (χ1) is 17.8. The molecule has 0 aliphatic rings. The van der Waals surface area contributed by atoms with Crippen LogP contribution in [-0.2, 0) is 6.61 Å². The van der Waals surface area contributed by atoms with Gasteiger partial charge < -0.3 is 4.74 Å². The Morgan fingerprint density at radius 1 is 0.833 bits per heavy atom. The Morgan fingerprint density at radius 2 is 1.47 bits per heavy atom. The average Bonchev–Trinajstić information content (AvgIpc) is 3.40. The second-order valence-electron chi connectivity index (χ2n) is 7.91. The maximum atomic E-state index is 12.8. The summed E-state index contributed by atoms with van der Waals surface area (Å²) >= 11 is 0. The minimum atomic E-state index is -0.499. The molecule has 0 saturated carbocycles. The summed E-state index contributed by atoms with van der Waals surface area (Å²) in [6, 6.07) is 36.6. The van der Waals surface area contributed by atoms with Gasteiger partial charge in [0.15, 0.2) is 5.82 Å². The smallest absolute Gasteiger partial charge is 0.311 e. The summed E-state index contributed by atoms with van der Waals surface area (Å²) in [4.78, 5) is 17.2. The topological polar surface area (TPSA) is 81.4 Å². The summed E-state index contributed by atoms with van der Waals surface area (Å²) < 4.78 is 7.46. The molecular weight excluding hydrogens is 450 g/mol. The molecule has 1 aromatic heterocycles. The van der Waals surface area contributed by atoms with Crippen LogP contribution in [0.4, 0.5) is 0 Å². The number of nitrogens with zero attached hydrogens (tertiary/aromatic N) is 4. The molecular formula is C29H23N5O2. The Balaban J connectivity index is 1.26. The SMILES string of the molecule is O=C(NN=Cc1ccc(OCc2ccccc2)cc1)c1nc(-c2ccccc2)n(-c2ccccc2)n1. The lowest BCUT2D eigenvalue weighted by molar-refractivity contribution is 0.0945. The van der Waals surface area contributed by atoms with Gasteiger partial charge in [0.1, 0.15) is 12.4 Å². The molecule has 0 aliphatic carbocycles. The van der Waals surface area contributed by atoms with Gasteiger partial charge in [-0.1, -0.05) is 78.9 Å². The number of para-hydroxylation sites is 1. The standard InChI is InChI=1S/C29H23N5O2/c35-29(32-30-20-22-16-18-26(19-17-22)36-21-23-10-4-1-5-11-23)27-31-28(24-12-6-2-7-13-24)34(33-27)25-14-8-3-9-15-25/h1-20H,21H2,(H,32,35). The monoisotopic (exact) mass is 473 g/mol. The predicted molar refractivity (Wildman–Crippen MR) is 139 cm³/mol. The van der Waals surface area contributed by atoms with Gasteiger partial charge in [-0.3, -0.25) is 4.79 Å². The Labute approximate surface area is 208 Å². The molecule has 7 nitrogen and oxygen atoms in total. The van der Waals surface area contributed by atoms with Crippen LogP contribution in [0.5, 0.6) is 5.75 Å². The molecule has 4 aromatic carbocycles. The molecule has 5 rings (SSSR count). The lowest BCUT2D eigenvalue weighted by Crippen LogP contribution is -2.19. The molecule has 1 heterocycles. The second-order valence-corrected chi connectivity index (χ2v) is 7.91. The van der Waals surface area contributed by atoms with Gasteiger partial charge in [0.05, 0.1) is 11.9 Å². The van der Waals surface area contributed by atoms with Crippen molar-refractivity contribution in [3.05, 3.63) is 132 Å². The van der Waals surface area contributed by atoms with Crippen molar-refractivity contribution in [2.45, 2.75) is 6.61 Å². The minimum Gasteiger partial charge on any atom is -0.489 e. The van der Waals surface area contributed by atoms with Gasteiger partial charge in [0.25, 0.3) is 0 Å².